The normalized spacial score (nSPS) is 16.5. The summed E-state index contributed by atoms with van der Waals surface area (Å²) in [5.41, 5.74) is 1.96. The highest BCUT2D eigenvalue weighted by molar-refractivity contribution is 7.99. The minimum Gasteiger partial charge on any atom is -0.349 e. The molecule has 1 atom stereocenters. The molecule has 24 heavy (non-hydrogen) atoms. The van der Waals surface area contributed by atoms with Crippen molar-refractivity contribution in [3.8, 4) is 0 Å². The first-order chi connectivity index (χ1) is 11.5. The number of Topliss-reactive ketones (excluding diaryl/α,β-unsaturated/α-hetero) is 1. The maximum absolute atomic E-state index is 12.3. The lowest BCUT2D eigenvalue weighted by atomic mass is 10.0. The number of carbonyl (C=O) groups excluding carboxylic acids is 2. The minimum atomic E-state index is -0.0420. The molecule has 1 aliphatic rings. The highest BCUT2D eigenvalue weighted by Gasteiger charge is 2.22. The first-order valence-electron chi connectivity index (χ1n) is 8.16. The summed E-state index contributed by atoms with van der Waals surface area (Å²) in [4.78, 5) is 28.0. The number of thiophene rings is 1. The number of aryl methyl sites for hydroxylation is 2. The Labute approximate surface area is 150 Å². The molecule has 0 spiro atoms. The number of benzene rings is 1. The summed E-state index contributed by atoms with van der Waals surface area (Å²) < 4.78 is 0. The van der Waals surface area contributed by atoms with Crippen LogP contribution in [0.4, 0.5) is 0 Å². The van der Waals surface area contributed by atoms with Crippen molar-refractivity contribution in [3.63, 3.8) is 0 Å². The molecule has 2 heterocycles. The molecule has 0 bridgehead atoms. The molecule has 2 aromatic rings. The fourth-order valence-corrected chi connectivity index (χ4v) is 5.10. The second kappa shape index (κ2) is 7.53. The summed E-state index contributed by atoms with van der Waals surface area (Å²) in [7, 11) is 0. The average molecular weight is 360 g/mol. The van der Waals surface area contributed by atoms with Gasteiger partial charge in [-0.3, -0.25) is 9.59 Å². The van der Waals surface area contributed by atoms with Gasteiger partial charge in [-0.05, 0) is 38.0 Å². The standard InChI is InChI=1S/C19H21NO2S2/c1-12-11-15(13(2)24-12)17(21)7-8-19(22)20-16-9-10-23-18-6-4-3-5-14(16)18/h3-6,11,16H,7-10H2,1-2H3,(H,20,22)/t16-/m1/s1. The zero-order valence-corrected chi connectivity index (χ0v) is 15.6. The monoisotopic (exact) mass is 359 g/mol. The van der Waals surface area contributed by atoms with Gasteiger partial charge in [0.1, 0.15) is 0 Å². The molecule has 1 aromatic heterocycles. The molecule has 3 rings (SSSR count). The zero-order chi connectivity index (χ0) is 17.1. The molecular weight excluding hydrogens is 338 g/mol. The van der Waals surface area contributed by atoms with Crippen LogP contribution >= 0.6 is 23.1 Å². The van der Waals surface area contributed by atoms with Gasteiger partial charge >= 0.3 is 0 Å². The Bertz CT molecular complexity index is 766. The molecule has 1 aliphatic heterocycles. The van der Waals surface area contributed by atoms with Crippen molar-refractivity contribution in [3.05, 3.63) is 51.2 Å². The largest absolute Gasteiger partial charge is 0.349 e. The number of nitrogens with one attached hydrogen (secondary N) is 1. The highest BCUT2D eigenvalue weighted by atomic mass is 32.2. The van der Waals surface area contributed by atoms with Gasteiger partial charge in [-0.15, -0.1) is 23.1 Å². The van der Waals surface area contributed by atoms with Crippen molar-refractivity contribution in [2.75, 3.05) is 5.75 Å². The summed E-state index contributed by atoms with van der Waals surface area (Å²) in [6, 6.07) is 10.2. The van der Waals surface area contributed by atoms with Gasteiger partial charge in [-0.2, -0.15) is 0 Å². The number of rotatable bonds is 5. The summed E-state index contributed by atoms with van der Waals surface area (Å²) in [5.74, 6) is 1.03. The van der Waals surface area contributed by atoms with E-state index in [0.717, 1.165) is 27.5 Å². The fourth-order valence-electron chi connectivity index (χ4n) is 3.03. The van der Waals surface area contributed by atoms with Crippen LogP contribution in [0.5, 0.6) is 0 Å². The number of thioether (sulfide) groups is 1. The molecule has 3 nitrogen and oxygen atoms in total. The number of fused-ring (bicyclic) bond motifs is 1. The molecule has 0 radical (unpaired) electrons. The van der Waals surface area contributed by atoms with E-state index in [1.54, 1.807) is 11.3 Å². The van der Waals surface area contributed by atoms with Crippen LogP contribution in [0.1, 0.15) is 51.0 Å². The molecule has 1 amide bonds. The van der Waals surface area contributed by atoms with Crippen LogP contribution in [-0.2, 0) is 4.79 Å². The van der Waals surface area contributed by atoms with Crippen LogP contribution in [0.25, 0.3) is 0 Å². The number of hydrogen-bond donors (Lipinski definition) is 1. The predicted octanol–water partition coefficient (Wildman–Crippen LogP) is 4.68. The van der Waals surface area contributed by atoms with Gasteiger partial charge in [-0.1, -0.05) is 18.2 Å². The van der Waals surface area contributed by atoms with Crippen molar-refractivity contribution in [2.45, 2.75) is 44.0 Å². The first kappa shape index (κ1) is 17.2. The van der Waals surface area contributed by atoms with Crippen LogP contribution in [0, 0.1) is 13.8 Å². The summed E-state index contributed by atoms with van der Waals surface area (Å²) in [6.45, 7) is 3.96. The Balaban J connectivity index is 1.57. The van der Waals surface area contributed by atoms with Gasteiger partial charge in [0.25, 0.3) is 0 Å². The number of hydrogen-bond acceptors (Lipinski definition) is 4. The van der Waals surface area contributed by atoms with Crippen LogP contribution in [-0.4, -0.2) is 17.4 Å². The molecule has 1 N–H and O–H groups in total. The lowest BCUT2D eigenvalue weighted by molar-refractivity contribution is -0.121. The Morgan fingerprint density at radius 3 is 2.75 bits per heavy atom. The third-order valence-electron chi connectivity index (χ3n) is 4.21. The van der Waals surface area contributed by atoms with E-state index < -0.39 is 0 Å². The van der Waals surface area contributed by atoms with Gasteiger partial charge in [0.15, 0.2) is 5.78 Å². The van der Waals surface area contributed by atoms with E-state index in [4.69, 9.17) is 0 Å². The molecular formula is C19H21NO2S2. The van der Waals surface area contributed by atoms with Crippen molar-refractivity contribution in [1.29, 1.82) is 0 Å². The van der Waals surface area contributed by atoms with E-state index in [0.29, 0.717) is 0 Å². The maximum atomic E-state index is 12.3. The van der Waals surface area contributed by atoms with E-state index in [1.807, 2.05) is 43.8 Å². The van der Waals surface area contributed by atoms with Gasteiger partial charge < -0.3 is 5.32 Å². The average Bonchev–Trinajstić information content (AvgIpc) is 2.91. The smallest absolute Gasteiger partial charge is 0.220 e. The highest BCUT2D eigenvalue weighted by Crippen LogP contribution is 2.35. The van der Waals surface area contributed by atoms with Crippen LogP contribution in [0.15, 0.2) is 35.2 Å². The van der Waals surface area contributed by atoms with Crippen LogP contribution in [0.2, 0.25) is 0 Å². The molecule has 0 fully saturated rings. The van der Waals surface area contributed by atoms with E-state index in [1.165, 1.54) is 10.5 Å². The lowest BCUT2D eigenvalue weighted by Crippen LogP contribution is -2.30. The molecule has 1 aromatic carbocycles. The number of amides is 1. The Hall–Kier alpha value is -1.59. The van der Waals surface area contributed by atoms with Crippen molar-refractivity contribution < 1.29 is 9.59 Å². The third kappa shape index (κ3) is 3.90. The fraction of sp³-hybridized carbons (Fsp3) is 0.368. The molecule has 0 saturated heterocycles. The van der Waals surface area contributed by atoms with E-state index in [2.05, 4.69) is 17.4 Å². The Kier molecular flexibility index (Phi) is 5.41. The third-order valence-corrected chi connectivity index (χ3v) is 6.30. The minimum absolute atomic E-state index is 0.0420. The van der Waals surface area contributed by atoms with E-state index in [9.17, 15) is 9.59 Å². The number of carbonyl (C=O) groups is 2. The van der Waals surface area contributed by atoms with Crippen molar-refractivity contribution in [2.24, 2.45) is 0 Å². The van der Waals surface area contributed by atoms with E-state index >= 15 is 0 Å². The quantitative estimate of drug-likeness (QED) is 0.788. The van der Waals surface area contributed by atoms with Crippen LogP contribution < -0.4 is 5.32 Å². The SMILES string of the molecule is Cc1cc(C(=O)CCC(=O)N[C@@H]2CCSc3ccccc32)c(C)s1. The molecule has 126 valence electrons. The van der Waals surface area contributed by atoms with Gasteiger partial charge in [0.05, 0.1) is 6.04 Å². The molecule has 0 saturated carbocycles. The summed E-state index contributed by atoms with van der Waals surface area (Å²) in [6.07, 6.45) is 1.45. The Morgan fingerprint density at radius 2 is 2.00 bits per heavy atom. The molecule has 0 aliphatic carbocycles. The van der Waals surface area contributed by atoms with Gasteiger partial charge in [-0.25, -0.2) is 0 Å². The number of ketones is 1. The summed E-state index contributed by atoms with van der Waals surface area (Å²) >= 11 is 3.46. The second-order valence-corrected chi connectivity index (χ2v) is 8.64. The second-order valence-electron chi connectivity index (χ2n) is 6.05. The summed E-state index contributed by atoms with van der Waals surface area (Å²) in [5, 5.41) is 3.10. The Morgan fingerprint density at radius 1 is 1.21 bits per heavy atom. The lowest BCUT2D eigenvalue weighted by Gasteiger charge is -2.25. The predicted molar refractivity (Wildman–Crippen MR) is 100 cm³/mol. The van der Waals surface area contributed by atoms with E-state index in [-0.39, 0.29) is 30.6 Å². The molecule has 0 unspecified atom stereocenters. The van der Waals surface area contributed by atoms with Gasteiger partial charge in [0.2, 0.25) is 5.91 Å². The topological polar surface area (TPSA) is 46.2 Å². The van der Waals surface area contributed by atoms with Crippen LogP contribution in [0.3, 0.4) is 0 Å². The zero-order valence-electron chi connectivity index (χ0n) is 13.9. The van der Waals surface area contributed by atoms with Crippen molar-refractivity contribution >= 4 is 34.8 Å². The maximum Gasteiger partial charge on any atom is 0.220 e. The molecule has 5 heteroatoms. The first-order valence-corrected chi connectivity index (χ1v) is 9.96. The van der Waals surface area contributed by atoms with Gasteiger partial charge in [0, 0.05) is 38.8 Å². The van der Waals surface area contributed by atoms with Crippen molar-refractivity contribution in [1.82, 2.24) is 5.32 Å².